The molecule has 15 heavy (non-hydrogen) atoms. The lowest BCUT2D eigenvalue weighted by Crippen LogP contribution is -2.54. The average Bonchev–Trinajstić information content (AvgIpc) is 2.28. The highest BCUT2D eigenvalue weighted by Crippen LogP contribution is 2.40. The number of nitro groups is 1. The van der Waals surface area contributed by atoms with Crippen molar-refractivity contribution in [3.63, 3.8) is 0 Å². The molecule has 84 valence electrons. The summed E-state index contributed by atoms with van der Waals surface area (Å²) in [6.07, 6.45) is 2.41. The smallest absolute Gasteiger partial charge is 0.279 e. The Labute approximate surface area is 87.6 Å². The van der Waals surface area contributed by atoms with Crippen LogP contribution >= 0.6 is 0 Å². The third kappa shape index (κ3) is 1.45. The molecule has 0 radical (unpaired) electrons. The molecule has 0 aliphatic heterocycles. The normalized spacial score (nSPS) is 41.0. The molecule has 0 aromatic carbocycles. The van der Waals surface area contributed by atoms with E-state index in [9.17, 15) is 20.0 Å². The molecule has 0 aromatic rings. The minimum atomic E-state index is -1.37. The quantitative estimate of drug-likeness (QED) is 0.518. The van der Waals surface area contributed by atoms with Crippen LogP contribution in [-0.4, -0.2) is 27.5 Å². The van der Waals surface area contributed by atoms with Crippen molar-refractivity contribution >= 4 is 5.78 Å². The first-order chi connectivity index (χ1) is 7.08. The topological polar surface area (TPSA) is 80.4 Å². The van der Waals surface area contributed by atoms with Gasteiger partial charge in [-0.15, -0.1) is 0 Å². The van der Waals surface area contributed by atoms with E-state index in [0.717, 1.165) is 12.8 Å². The molecule has 2 saturated carbocycles. The molecule has 2 rings (SSSR count). The van der Waals surface area contributed by atoms with E-state index in [1.165, 1.54) is 0 Å². The van der Waals surface area contributed by atoms with Gasteiger partial charge in [0.2, 0.25) is 5.78 Å². The van der Waals surface area contributed by atoms with E-state index < -0.39 is 22.5 Å². The first-order valence-corrected chi connectivity index (χ1v) is 5.45. The summed E-state index contributed by atoms with van der Waals surface area (Å²) in [6.45, 7) is 0. The summed E-state index contributed by atoms with van der Waals surface area (Å²) in [6, 6.07) is 0. The molecule has 1 N–H and O–H groups in total. The molecule has 2 fully saturated rings. The third-order valence-corrected chi connectivity index (χ3v) is 3.82. The van der Waals surface area contributed by atoms with Gasteiger partial charge in [-0.25, -0.2) is 0 Å². The van der Waals surface area contributed by atoms with Crippen LogP contribution < -0.4 is 0 Å². The Balaban J connectivity index is 2.37. The van der Waals surface area contributed by atoms with Crippen molar-refractivity contribution in [1.29, 1.82) is 0 Å². The van der Waals surface area contributed by atoms with Crippen LogP contribution in [0.2, 0.25) is 0 Å². The zero-order valence-corrected chi connectivity index (χ0v) is 8.52. The fraction of sp³-hybridized carbons (Fsp3) is 0.900. The second-order valence-electron chi connectivity index (χ2n) is 4.61. The van der Waals surface area contributed by atoms with Crippen LogP contribution in [0, 0.1) is 16.0 Å². The maximum atomic E-state index is 12.0. The number of ketones is 1. The standard InChI is InChI=1S/C10H15NO4/c12-8-4-6-10(11(14)15)5-2-1-3-7(8)9(10)13/h7-8,12H,1-6H2/t7-,8+,10-/m1/s1. The van der Waals surface area contributed by atoms with Gasteiger partial charge in [-0.2, -0.15) is 0 Å². The number of nitrogens with zero attached hydrogens (tertiary/aromatic N) is 1. The molecule has 5 heteroatoms. The number of hydrogen-bond acceptors (Lipinski definition) is 4. The van der Waals surface area contributed by atoms with Gasteiger partial charge in [0.15, 0.2) is 0 Å². The average molecular weight is 213 g/mol. The first-order valence-electron chi connectivity index (χ1n) is 5.45. The number of aliphatic hydroxyl groups is 1. The van der Waals surface area contributed by atoms with Crippen LogP contribution in [0.5, 0.6) is 0 Å². The maximum Gasteiger partial charge on any atom is 0.279 e. The van der Waals surface area contributed by atoms with Gasteiger partial charge in [0, 0.05) is 17.8 Å². The second-order valence-corrected chi connectivity index (χ2v) is 4.61. The molecule has 2 bridgehead atoms. The number of hydrogen-bond donors (Lipinski definition) is 1. The number of aliphatic hydroxyl groups excluding tert-OH is 1. The highest BCUT2D eigenvalue weighted by Gasteiger charge is 2.57. The Bertz CT molecular complexity index is 304. The Morgan fingerprint density at radius 1 is 1.33 bits per heavy atom. The van der Waals surface area contributed by atoms with Crippen LogP contribution in [0.3, 0.4) is 0 Å². The SMILES string of the molecule is O=C1[C@@H]2CCCC[C@@]1([N+](=O)[O-])CC[C@@H]2O. The molecular formula is C10H15NO4. The van der Waals surface area contributed by atoms with E-state index >= 15 is 0 Å². The van der Waals surface area contributed by atoms with Gasteiger partial charge in [0.25, 0.3) is 5.54 Å². The number of Topliss-reactive ketones (excluding diaryl/α,β-unsaturated/α-hetero) is 1. The second kappa shape index (κ2) is 3.56. The van der Waals surface area contributed by atoms with Gasteiger partial charge in [0.1, 0.15) is 0 Å². The molecule has 3 atom stereocenters. The van der Waals surface area contributed by atoms with Crippen molar-refractivity contribution in [2.75, 3.05) is 0 Å². The molecule has 0 unspecified atom stereocenters. The van der Waals surface area contributed by atoms with Crippen LogP contribution in [-0.2, 0) is 4.79 Å². The van der Waals surface area contributed by atoms with E-state index in [-0.39, 0.29) is 12.2 Å². The Hall–Kier alpha value is -0.970. The van der Waals surface area contributed by atoms with Crippen LogP contribution in [0.25, 0.3) is 0 Å². The lowest BCUT2D eigenvalue weighted by molar-refractivity contribution is -0.557. The van der Waals surface area contributed by atoms with Gasteiger partial charge in [0.05, 0.1) is 12.0 Å². The van der Waals surface area contributed by atoms with E-state index in [4.69, 9.17) is 0 Å². The Morgan fingerprint density at radius 2 is 2.07 bits per heavy atom. The summed E-state index contributed by atoms with van der Waals surface area (Å²) >= 11 is 0. The number of carbonyl (C=O) groups excluding carboxylic acids is 1. The molecular weight excluding hydrogens is 198 g/mol. The van der Waals surface area contributed by atoms with Crippen LogP contribution in [0.1, 0.15) is 38.5 Å². The van der Waals surface area contributed by atoms with Crippen molar-refractivity contribution in [2.45, 2.75) is 50.2 Å². The zero-order chi connectivity index (χ0) is 11.1. The number of fused-ring (bicyclic) bond motifs is 2. The van der Waals surface area contributed by atoms with Crippen molar-refractivity contribution in [2.24, 2.45) is 5.92 Å². The first kappa shape index (κ1) is 10.5. The highest BCUT2D eigenvalue weighted by atomic mass is 16.6. The molecule has 2 aliphatic carbocycles. The van der Waals surface area contributed by atoms with Gasteiger partial charge in [-0.3, -0.25) is 14.9 Å². The number of rotatable bonds is 1. The lowest BCUT2D eigenvalue weighted by atomic mass is 9.72. The minimum Gasteiger partial charge on any atom is -0.392 e. The van der Waals surface area contributed by atoms with E-state index in [1.807, 2.05) is 0 Å². The molecule has 0 heterocycles. The summed E-state index contributed by atoms with van der Waals surface area (Å²) in [4.78, 5) is 22.6. The summed E-state index contributed by atoms with van der Waals surface area (Å²) in [5.41, 5.74) is -1.37. The van der Waals surface area contributed by atoms with Crippen molar-refractivity contribution in [3.8, 4) is 0 Å². The predicted octanol–water partition coefficient (Wildman–Crippen LogP) is 0.916. The minimum absolute atomic E-state index is 0.205. The summed E-state index contributed by atoms with van der Waals surface area (Å²) in [5.74, 6) is -0.824. The maximum absolute atomic E-state index is 12.0. The van der Waals surface area contributed by atoms with E-state index in [0.29, 0.717) is 19.3 Å². The molecule has 0 saturated heterocycles. The Morgan fingerprint density at radius 3 is 2.73 bits per heavy atom. The monoisotopic (exact) mass is 213 g/mol. The van der Waals surface area contributed by atoms with Crippen LogP contribution in [0.4, 0.5) is 0 Å². The van der Waals surface area contributed by atoms with Gasteiger partial charge >= 0.3 is 0 Å². The van der Waals surface area contributed by atoms with Crippen molar-refractivity contribution in [3.05, 3.63) is 10.1 Å². The zero-order valence-electron chi connectivity index (χ0n) is 8.52. The van der Waals surface area contributed by atoms with Gasteiger partial charge in [-0.05, 0) is 19.3 Å². The predicted molar refractivity (Wildman–Crippen MR) is 51.9 cm³/mol. The highest BCUT2D eigenvalue weighted by molar-refractivity contribution is 5.90. The summed E-state index contributed by atoms with van der Waals surface area (Å²) in [7, 11) is 0. The van der Waals surface area contributed by atoms with Crippen molar-refractivity contribution in [1.82, 2.24) is 0 Å². The molecule has 0 aromatic heterocycles. The largest absolute Gasteiger partial charge is 0.392 e. The third-order valence-electron chi connectivity index (χ3n) is 3.82. The van der Waals surface area contributed by atoms with E-state index in [1.54, 1.807) is 0 Å². The van der Waals surface area contributed by atoms with Crippen LogP contribution in [0.15, 0.2) is 0 Å². The van der Waals surface area contributed by atoms with Crippen molar-refractivity contribution < 1.29 is 14.8 Å². The Kier molecular flexibility index (Phi) is 2.50. The molecule has 0 spiro atoms. The molecule has 2 aliphatic rings. The van der Waals surface area contributed by atoms with E-state index in [2.05, 4.69) is 0 Å². The summed E-state index contributed by atoms with van der Waals surface area (Å²) < 4.78 is 0. The fourth-order valence-corrected chi connectivity index (χ4v) is 2.86. The lowest BCUT2D eigenvalue weighted by Gasteiger charge is -2.33. The number of carbonyl (C=O) groups is 1. The fourth-order valence-electron chi connectivity index (χ4n) is 2.86. The van der Waals surface area contributed by atoms with Gasteiger partial charge in [-0.1, -0.05) is 6.42 Å². The molecule has 5 nitrogen and oxygen atoms in total. The molecule has 0 amide bonds. The van der Waals surface area contributed by atoms with Gasteiger partial charge < -0.3 is 5.11 Å². The summed E-state index contributed by atoms with van der Waals surface area (Å²) in [5, 5.41) is 20.7.